The number of anilines is 1. The molecule has 2 aliphatic heterocycles. The monoisotopic (exact) mass is 608 g/mol. The number of rotatable bonds is 9. The zero-order valence-electron chi connectivity index (χ0n) is 26.4. The van der Waals surface area contributed by atoms with Crippen molar-refractivity contribution < 1.29 is 13.9 Å². The number of nitrogens with zero attached hydrogens (tertiary/aromatic N) is 5. The summed E-state index contributed by atoms with van der Waals surface area (Å²) >= 11 is 0. The quantitative estimate of drug-likeness (QED) is 0.238. The van der Waals surface area contributed by atoms with Crippen LogP contribution in [0.25, 0.3) is 27.6 Å². The Balaban J connectivity index is 1.42. The lowest BCUT2D eigenvalue weighted by molar-refractivity contribution is -0.120. The number of pyridine rings is 2. The van der Waals surface area contributed by atoms with Crippen LogP contribution >= 0.6 is 0 Å². The van der Waals surface area contributed by atoms with Crippen LogP contribution in [-0.4, -0.2) is 65.7 Å². The Morgan fingerprint density at radius 3 is 2.73 bits per heavy atom. The maximum absolute atomic E-state index is 14.0. The van der Waals surface area contributed by atoms with Gasteiger partial charge in [-0.25, -0.2) is 9.37 Å². The first kappa shape index (κ1) is 29.5. The first-order valence-electron chi connectivity index (χ1n) is 16.2. The second kappa shape index (κ2) is 12.3. The maximum Gasteiger partial charge on any atom is 0.210 e. The number of hydrogen-bond acceptors (Lipinski definition) is 6. The maximum atomic E-state index is 14.0. The number of halogens is 1. The number of aromatic nitrogens is 3. The molecule has 3 aliphatic rings. The highest BCUT2D eigenvalue weighted by Gasteiger charge is 2.32. The molecule has 1 saturated heterocycles. The summed E-state index contributed by atoms with van der Waals surface area (Å²) in [6, 6.07) is 12.4. The minimum atomic E-state index is -0.443. The molecule has 2 fully saturated rings. The van der Waals surface area contributed by atoms with E-state index in [-0.39, 0.29) is 6.04 Å². The van der Waals surface area contributed by atoms with E-state index in [1.54, 1.807) is 0 Å². The minimum absolute atomic E-state index is 0.231. The molecule has 45 heavy (non-hydrogen) atoms. The molecule has 1 aliphatic carbocycles. The zero-order chi connectivity index (χ0) is 31.1. The smallest absolute Gasteiger partial charge is 0.210 e. The molecule has 3 aromatic heterocycles. The van der Waals surface area contributed by atoms with E-state index in [0.717, 1.165) is 67.0 Å². The molecule has 7 rings (SSSR count). The summed E-state index contributed by atoms with van der Waals surface area (Å²) in [6.45, 7) is 8.67. The second-order valence-electron chi connectivity index (χ2n) is 12.6. The molecular weight excluding hydrogens is 567 g/mol. The van der Waals surface area contributed by atoms with Crippen LogP contribution in [-0.2, 0) is 17.8 Å². The molecule has 8 nitrogen and oxygen atoms in total. The predicted molar refractivity (Wildman–Crippen MR) is 176 cm³/mol. The molecule has 9 heteroatoms. The van der Waals surface area contributed by atoms with Gasteiger partial charge in [0.05, 0.1) is 24.9 Å². The molecule has 1 atom stereocenters. The van der Waals surface area contributed by atoms with Gasteiger partial charge in [0.2, 0.25) is 6.41 Å². The summed E-state index contributed by atoms with van der Waals surface area (Å²) in [5.74, 6) is 1.23. The molecule has 1 N–H and O–H groups in total. The third kappa shape index (κ3) is 5.70. The summed E-state index contributed by atoms with van der Waals surface area (Å²) in [5.41, 5.74) is 9.29. The SMILES string of the molecule is CCc1nc(C)ccc1-c1cc(C2CN(c3ncc(F)cc3OC)CCN2C=O)cc2cc(C3=CCCNC3)n(CC3CC3)c12. The van der Waals surface area contributed by atoms with Gasteiger partial charge in [-0.15, -0.1) is 0 Å². The van der Waals surface area contributed by atoms with E-state index < -0.39 is 5.82 Å². The predicted octanol–water partition coefficient (Wildman–Crippen LogP) is 5.92. The van der Waals surface area contributed by atoms with E-state index in [2.05, 4.69) is 63.1 Å². The zero-order valence-corrected chi connectivity index (χ0v) is 26.4. The van der Waals surface area contributed by atoms with Crippen LogP contribution in [0.3, 0.4) is 0 Å². The molecule has 1 saturated carbocycles. The number of hydrogen-bond donors (Lipinski definition) is 1. The van der Waals surface area contributed by atoms with Crippen molar-refractivity contribution in [2.24, 2.45) is 5.92 Å². The van der Waals surface area contributed by atoms with Crippen molar-refractivity contribution in [3.05, 3.63) is 77.1 Å². The lowest BCUT2D eigenvalue weighted by Gasteiger charge is -2.40. The van der Waals surface area contributed by atoms with Gasteiger partial charge in [0.15, 0.2) is 11.6 Å². The molecule has 234 valence electrons. The number of aryl methyl sites for hydroxylation is 2. The number of nitrogens with one attached hydrogen (secondary N) is 1. The Kier molecular flexibility index (Phi) is 8.04. The van der Waals surface area contributed by atoms with Crippen LogP contribution in [0, 0.1) is 18.7 Å². The van der Waals surface area contributed by atoms with Gasteiger partial charge in [-0.2, -0.15) is 0 Å². The Bertz CT molecular complexity index is 1780. The van der Waals surface area contributed by atoms with Crippen LogP contribution in [0.4, 0.5) is 10.2 Å². The van der Waals surface area contributed by atoms with E-state index in [1.807, 2.05) is 11.8 Å². The van der Waals surface area contributed by atoms with E-state index >= 15 is 0 Å². The van der Waals surface area contributed by atoms with E-state index in [9.17, 15) is 9.18 Å². The van der Waals surface area contributed by atoms with Crippen molar-refractivity contribution in [1.82, 2.24) is 24.8 Å². The molecule has 1 amide bonds. The molecule has 0 radical (unpaired) electrons. The van der Waals surface area contributed by atoms with Crippen molar-refractivity contribution in [2.45, 2.75) is 52.1 Å². The van der Waals surface area contributed by atoms with Crippen LogP contribution in [0.15, 0.2) is 48.7 Å². The number of ether oxygens (including phenoxy) is 1. The van der Waals surface area contributed by atoms with Gasteiger partial charge in [-0.1, -0.05) is 19.1 Å². The number of fused-ring (bicyclic) bond motifs is 1. The molecular formula is C36H41FN6O2. The van der Waals surface area contributed by atoms with Gasteiger partial charge >= 0.3 is 0 Å². The highest BCUT2D eigenvalue weighted by atomic mass is 19.1. The Hall–Kier alpha value is -4.24. The van der Waals surface area contributed by atoms with Crippen LogP contribution in [0.1, 0.15) is 54.9 Å². The van der Waals surface area contributed by atoms with Gasteiger partial charge in [-0.05, 0) is 80.5 Å². The van der Waals surface area contributed by atoms with Gasteiger partial charge in [0.25, 0.3) is 0 Å². The van der Waals surface area contributed by atoms with Gasteiger partial charge < -0.3 is 24.4 Å². The first-order valence-corrected chi connectivity index (χ1v) is 16.2. The summed E-state index contributed by atoms with van der Waals surface area (Å²) in [7, 11) is 1.53. The Labute approximate surface area is 263 Å². The number of amides is 1. The first-order chi connectivity index (χ1) is 22.0. The third-order valence-corrected chi connectivity index (χ3v) is 9.51. The average molecular weight is 609 g/mol. The van der Waals surface area contributed by atoms with Gasteiger partial charge in [0.1, 0.15) is 5.82 Å². The molecule has 1 aromatic carbocycles. The van der Waals surface area contributed by atoms with Crippen LogP contribution in [0.5, 0.6) is 5.75 Å². The normalized spacial score (nSPS) is 18.8. The van der Waals surface area contributed by atoms with E-state index in [4.69, 9.17) is 9.72 Å². The third-order valence-electron chi connectivity index (χ3n) is 9.51. The summed E-state index contributed by atoms with van der Waals surface area (Å²) < 4.78 is 22.1. The number of carbonyl (C=O) groups excluding carboxylic acids is 1. The lowest BCUT2D eigenvalue weighted by atomic mass is 9.93. The fourth-order valence-electron chi connectivity index (χ4n) is 7.03. The van der Waals surface area contributed by atoms with Crippen molar-refractivity contribution in [3.63, 3.8) is 0 Å². The van der Waals surface area contributed by atoms with E-state index in [0.29, 0.717) is 37.1 Å². The van der Waals surface area contributed by atoms with Gasteiger partial charge in [0, 0.05) is 72.4 Å². The lowest BCUT2D eigenvalue weighted by Crippen LogP contribution is -2.48. The highest BCUT2D eigenvalue weighted by molar-refractivity contribution is 5.98. The standard InChI is InChI=1S/C36H41FN6O2/c1-4-31-29(10-7-23(2)40-31)30-15-26(33-21-41(12-13-42(33)22-44)36-34(45-3)17-28(37)19-39-36)14-27-16-32(25-6-5-11-38-18-25)43(35(27)30)20-24-8-9-24/h6-7,10,14-17,19,22,24,33,38H,4-5,8-9,11-13,18,20-21H2,1-3H3. The van der Waals surface area contributed by atoms with Crippen molar-refractivity contribution in [3.8, 4) is 16.9 Å². The summed E-state index contributed by atoms with van der Waals surface area (Å²) in [5, 5.41) is 4.75. The molecule has 0 bridgehead atoms. The second-order valence-corrected chi connectivity index (χ2v) is 12.6. The summed E-state index contributed by atoms with van der Waals surface area (Å²) in [4.78, 5) is 25.8. The number of piperazine rings is 1. The average Bonchev–Trinajstić information content (AvgIpc) is 3.83. The molecule has 4 aromatic rings. The molecule has 0 spiro atoms. The largest absolute Gasteiger partial charge is 0.493 e. The minimum Gasteiger partial charge on any atom is -0.493 e. The Morgan fingerprint density at radius 2 is 2.00 bits per heavy atom. The van der Waals surface area contributed by atoms with E-state index in [1.165, 1.54) is 54.4 Å². The van der Waals surface area contributed by atoms with Gasteiger partial charge in [-0.3, -0.25) is 9.78 Å². The fourth-order valence-corrected chi connectivity index (χ4v) is 7.03. The molecule has 5 heterocycles. The summed E-state index contributed by atoms with van der Waals surface area (Å²) in [6.07, 6.45) is 8.93. The number of benzene rings is 1. The number of carbonyl (C=O) groups is 1. The van der Waals surface area contributed by atoms with Crippen molar-refractivity contribution in [1.29, 1.82) is 0 Å². The highest BCUT2D eigenvalue weighted by Crippen LogP contribution is 2.42. The number of methoxy groups -OCH3 is 1. The van der Waals surface area contributed by atoms with Crippen molar-refractivity contribution >= 4 is 28.7 Å². The molecule has 1 unspecified atom stereocenters. The Morgan fingerprint density at radius 1 is 1.13 bits per heavy atom. The van der Waals surface area contributed by atoms with Crippen molar-refractivity contribution in [2.75, 3.05) is 44.7 Å². The fraction of sp³-hybridized carbons (Fsp3) is 0.417. The van der Waals surface area contributed by atoms with Crippen LogP contribution < -0.4 is 15.0 Å². The topological polar surface area (TPSA) is 75.5 Å². The van der Waals surface area contributed by atoms with Crippen LogP contribution in [0.2, 0.25) is 0 Å².